The van der Waals surface area contributed by atoms with E-state index in [2.05, 4.69) is 42.3 Å². The lowest BCUT2D eigenvalue weighted by Crippen LogP contribution is -2.35. The molecular formula is C18H26N2O. The van der Waals surface area contributed by atoms with Gasteiger partial charge in [-0.1, -0.05) is 43.0 Å². The summed E-state index contributed by atoms with van der Waals surface area (Å²) in [5.41, 5.74) is 3.80. The predicted octanol–water partition coefficient (Wildman–Crippen LogP) is 3.31. The highest BCUT2D eigenvalue weighted by molar-refractivity contribution is 5.81. The van der Waals surface area contributed by atoms with Crippen molar-refractivity contribution in [2.45, 2.75) is 52.1 Å². The van der Waals surface area contributed by atoms with E-state index in [1.165, 1.54) is 48.8 Å². The standard InChI is InChI=1S/C18H26N2O/c1-13-8-9-16(14(2)10-13)18-19-11-17(21)20(18)12-15-6-4-3-5-7-15/h8-10,15,18-19H,3-7,11-12H2,1-2H3. The van der Waals surface area contributed by atoms with E-state index in [0.717, 1.165) is 6.54 Å². The van der Waals surface area contributed by atoms with Crippen molar-refractivity contribution in [2.24, 2.45) is 5.92 Å². The summed E-state index contributed by atoms with van der Waals surface area (Å²) in [6.07, 6.45) is 6.65. The summed E-state index contributed by atoms with van der Waals surface area (Å²) >= 11 is 0. The van der Waals surface area contributed by atoms with Crippen LogP contribution in [0.15, 0.2) is 18.2 Å². The molecule has 1 aliphatic carbocycles. The number of nitrogens with zero attached hydrogens (tertiary/aromatic N) is 1. The van der Waals surface area contributed by atoms with Gasteiger partial charge in [0.05, 0.1) is 6.54 Å². The number of carbonyl (C=O) groups is 1. The van der Waals surface area contributed by atoms with Crippen LogP contribution in [0.2, 0.25) is 0 Å². The van der Waals surface area contributed by atoms with Crippen molar-refractivity contribution in [2.75, 3.05) is 13.1 Å². The van der Waals surface area contributed by atoms with E-state index < -0.39 is 0 Å². The normalized spacial score (nSPS) is 23.8. The number of aryl methyl sites for hydroxylation is 2. The van der Waals surface area contributed by atoms with Crippen molar-refractivity contribution in [3.05, 3.63) is 34.9 Å². The van der Waals surface area contributed by atoms with Crippen LogP contribution in [0, 0.1) is 19.8 Å². The van der Waals surface area contributed by atoms with E-state index in [-0.39, 0.29) is 12.1 Å². The van der Waals surface area contributed by atoms with Crippen molar-refractivity contribution in [1.82, 2.24) is 10.2 Å². The Balaban J connectivity index is 1.78. The molecule has 21 heavy (non-hydrogen) atoms. The maximum Gasteiger partial charge on any atom is 0.238 e. The van der Waals surface area contributed by atoms with Gasteiger partial charge in [0.15, 0.2) is 0 Å². The third kappa shape index (κ3) is 3.13. The van der Waals surface area contributed by atoms with Crippen molar-refractivity contribution < 1.29 is 4.79 Å². The number of hydrogen-bond acceptors (Lipinski definition) is 2. The Morgan fingerprint density at radius 1 is 1.19 bits per heavy atom. The van der Waals surface area contributed by atoms with E-state index in [0.29, 0.717) is 12.5 Å². The molecule has 1 aromatic carbocycles. The molecule has 1 aliphatic heterocycles. The first-order chi connectivity index (χ1) is 10.1. The minimum atomic E-state index is 0.0695. The van der Waals surface area contributed by atoms with Crippen LogP contribution in [-0.4, -0.2) is 23.9 Å². The Kier molecular flexibility index (Phi) is 4.29. The summed E-state index contributed by atoms with van der Waals surface area (Å²) < 4.78 is 0. The Hall–Kier alpha value is -1.35. The van der Waals surface area contributed by atoms with Crippen molar-refractivity contribution in [3.63, 3.8) is 0 Å². The van der Waals surface area contributed by atoms with E-state index in [9.17, 15) is 4.79 Å². The molecule has 1 heterocycles. The van der Waals surface area contributed by atoms with Crippen LogP contribution in [0.5, 0.6) is 0 Å². The topological polar surface area (TPSA) is 32.3 Å². The number of hydrogen-bond donors (Lipinski definition) is 1. The lowest BCUT2D eigenvalue weighted by Gasteiger charge is -2.31. The smallest absolute Gasteiger partial charge is 0.238 e. The summed E-state index contributed by atoms with van der Waals surface area (Å²) in [4.78, 5) is 14.4. The first-order valence-electron chi connectivity index (χ1n) is 8.25. The molecule has 3 nitrogen and oxygen atoms in total. The number of benzene rings is 1. The van der Waals surface area contributed by atoms with Gasteiger partial charge in [0.2, 0.25) is 5.91 Å². The fourth-order valence-corrected chi connectivity index (χ4v) is 3.81. The van der Waals surface area contributed by atoms with Gasteiger partial charge < -0.3 is 4.90 Å². The summed E-state index contributed by atoms with van der Waals surface area (Å²) in [6.45, 7) is 5.66. The van der Waals surface area contributed by atoms with Gasteiger partial charge in [-0.2, -0.15) is 0 Å². The summed E-state index contributed by atoms with van der Waals surface area (Å²) in [7, 11) is 0. The molecule has 1 saturated heterocycles. The molecule has 3 heteroatoms. The number of rotatable bonds is 3. The van der Waals surface area contributed by atoms with Crippen LogP contribution in [0.4, 0.5) is 0 Å². The molecule has 1 N–H and O–H groups in total. The predicted molar refractivity (Wildman–Crippen MR) is 84.9 cm³/mol. The zero-order valence-corrected chi connectivity index (χ0v) is 13.2. The molecular weight excluding hydrogens is 260 g/mol. The largest absolute Gasteiger partial charge is 0.322 e. The molecule has 2 aliphatic rings. The van der Waals surface area contributed by atoms with Gasteiger partial charge >= 0.3 is 0 Å². The van der Waals surface area contributed by atoms with Gasteiger partial charge in [0.25, 0.3) is 0 Å². The number of amides is 1. The second-order valence-corrected chi connectivity index (χ2v) is 6.69. The fourth-order valence-electron chi connectivity index (χ4n) is 3.81. The van der Waals surface area contributed by atoms with Crippen LogP contribution in [0.1, 0.15) is 55.0 Å². The maximum absolute atomic E-state index is 12.3. The Morgan fingerprint density at radius 2 is 1.95 bits per heavy atom. The molecule has 0 bridgehead atoms. The van der Waals surface area contributed by atoms with Crippen molar-refractivity contribution in [1.29, 1.82) is 0 Å². The molecule has 2 fully saturated rings. The van der Waals surface area contributed by atoms with Gasteiger partial charge in [-0.05, 0) is 43.7 Å². The minimum absolute atomic E-state index is 0.0695. The lowest BCUT2D eigenvalue weighted by atomic mass is 9.88. The molecule has 1 unspecified atom stereocenters. The van der Waals surface area contributed by atoms with Crippen LogP contribution < -0.4 is 5.32 Å². The number of carbonyl (C=O) groups excluding carboxylic acids is 1. The molecule has 0 radical (unpaired) electrons. The number of nitrogens with one attached hydrogen (secondary N) is 1. The van der Waals surface area contributed by atoms with Gasteiger partial charge in [-0.3, -0.25) is 10.1 Å². The molecule has 1 saturated carbocycles. The van der Waals surface area contributed by atoms with E-state index in [1.54, 1.807) is 0 Å². The van der Waals surface area contributed by atoms with Crippen LogP contribution >= 0.6 is 0 Å². The molecule has 1 atom stereocenters. The third-order valence-corrected chi connectivity index (χ3v) is 4.98. The molecule has 0 spiro atoms. The minimum Gasteiger partial charge on any atom is -0.322 e. The summed E-state index contributed by atoms with van der Waals surface area (Å²) in [5.74, 6) is 0.946. The van der Waals surface area contributed by atoms with Gasteiger partial charge in [-0.15, -0.1) is 0 Å². The zero-order valence-electron chi connectivity index (χ0n) is 13.2. The quantitative estimate of drug-likeness (QED) is 0.924. The molecule has 3 rings (SSSR count). The first-order valence-corrected chi connectivity index (χ1v) is 8.25. The Morgan fingerprint density at radius 3 is 2.67 bits per heavy atom. The average Bonchev–Trinajstić information content (AvgIpc) is 2.82. The van der Waals surface area contributed by atoms with Crippen LogP contribution in [-0.2, 0) is 4.79 Å². The molecule has 0 aromatic heterocycles. The van der Waals surface area contributed by atoms with Crippen LogP contribution in [0.25, 0.3) is 0 Å². The highest BCUT2D eigenvalue weighted by Crippen LogP contribution is 2.30. The Labute approximate surface area is 127 Å². The van der Waals surface area contributed by atoms with Crippen LogP contribution in [0.3, 0.4) is 0 Å². The SMILES string of the molecule is Cc1ccc(C2NCC(=O)N2CC2CCCCC2)c(C)c1. The van der Waals surface area contributed by atoms with E-state index in [4.69, 9.17) is 0 Å². The molecule has 1 aromatic rings. The monoisotopic (exact) mass is 286 g/mol. The van der Waals surface area contributed by atoms with E-state index >= 15 is 0 Å². The van der Waals surface area contributed by atoms with Crippen molar-refractivity contribution in [3.8, 4) is 0 Å². The van der Waals surface area contributed by atoms with Gasteiger partial charge in [0, 0.05) is 6.54 Å². The van der Waals surface area contributed by atoms with Gasteiger partial charge in [-0.25, -0.2) is 0 Å². The zero-order chi connectivity index (χ0) is 14.8. The van der Waals surface area contributed by atoms with Gasteiger partial charge in [0.1, 0.15) is 6.17 Å². The summed E-state index contributed by atoms with van der Waals surface area (Å²) in [5, 5.41) is 3.40. The third-order valence-electron chi connectivity index (χ3n) is 4.98. The van der Waals surface area contributed by atoms with E-state index in [1.807, 2.05) is 0 Å². The second-order valence-electron chi connectivity index (χ2n) is 6.69. The first kappa shape index (κ1) is 14.6. The molecule has 1 amide bonds. The highest BCUT2D eigenvalue weighted by atomic mass is 16.2. The lowest BCUT2D eigenvalue weighted by molar-refractivity contribution is -0.128. The second kappa shape index (κ2) is 6.18. The molecule has 114 valence electrons. The highest BCUT2D eigenvalue weighted by Gasteiger charge is 2.34. The summed E-state index contributed by atoms with van der Waals surface area (Å²) in [6, 6.07) is 6.53. The van der Waals surface area contributed by atoms with Crippen molar-refractivity contribution >= 4 is 5.91 Å². The Bertz CT molecular complexity index is 520. The maximum atomic E-state index is 12.3. The fraction of sp³-hybridized carbons (Fsp3) is 0.611. The average molecular weight is 286 g/mol.